The second-order valence-electron chi connectivity index (χ2n) is 4.17. The van der Waals surface area contributed by atoms with Crippen LogP contribution in [0.3, 0.4) is 0 Å². The van der Waals surface area contributed by atoms with Crippen LogP contribution in [-0.2, 0) is 6.54 Å². The molecule has 0 aliphatic rings. The van der Waals surface area contributed by atoms with Gasteiger partial charge in [-0.25, -0.2) is 9.97 Å². The molecule has 0 saturated carbocycles. The van der Waals surface area contributed by atoms with Gasteiger partial charge in [-0.1, -0.05) is 13.0 Å². The van der Waals surface area contributed by atoms with E-state index in [2.05, 4.69) is 21.5 Å². The summed E-state index contributed by atoms with van der Waals surface area (Å²) in [6.45, 7) is 2.79. The van der Waals surface area contributed by atoms with Gasteiger partial charge in [0.1, 0.15) is 0 Å². The summed E-state index contributed by atoms with van der Waals surface area (Å²) in [4.78, 5) is 8.34. The molecule has 0 radical (unpaired) electrons. The molecule has 18 heavy (non-hydrogen) atoms. The minimum Gasteiger partial charge on any atom is -0.481 e. The lowest BCUT2D eigenvalue weighted by atomic mass is 10.2. The summed E-state index contributed by atoms with van der Waals surface area (Å²) in [5.74, 6) is 0.620. The molecule has 0 amide bonds. The first-order chi connectivity index (χ1) is 8.74. The van der Waals surface area contributed by atoms with Crippen molar-refractivity contribution in [1.29, 1.82) is 0 Å². The topological polar surface area (TPSA) is 66.0 Å². The average molecular weight is 246 g/mol. The third kappa shape index (κ3) is 2.68. The SMILES string of the molecule is CC[C@@H](N)c1cncn1Cc1ccc(OC)nc1. The average Bonchev–Trinajstić information content (AvgIpc) is 2.87. The number of nitrogens with zero attached hydrogens (tertiary/aromatic N) is 3. The molecule has 2 rings (SSSR count). The molecule has 0 bridgehead atoms. The summed E-state index contributed by atoms with van der Waals surface area (Å²) in [6, 6.07) is 3.87. The summed E-state index contributed by atoms with van der Waals surface area (Å²) >= 11 is 0. The molecule has 0 unspecified atom stereocenters. The summed E-state index contributed by atoms with van der Waals surface area (Å²) in [7, 11) is 1.61. The Bertz CT molecular complexity index is 492. The highest BCUT2D eigenvalue weighted by Crippen LogP contribution is 2.15. The predicted molar refractivity (Wildman–Crippen MR) is 69.3 cm³/mol. The highest BCUT2D eigenvalue weighted by atomic mass is 16.5. The van der Waals surface area contributed by atoms with Crippen LogP contribution in [0.15, 0.2) is 30.9 Å². The smallest absolute Gasteiger partial charge is 0.212 e. The van der Waals surface area contributed by atoms with Crippen LogP contribution in [0.25, 0.3) is 0 Å². The molecular weight excluding hydrogens is 228 g/mol. The van der Waals surface area contributed by atoms with Gasteiger partial charge in [-0.2, -0.15) is 0 Å². The Morgan fingerprint density at radius 3 is 2.83 bits per heavy atom. The van der Waals surface area contributed by atoms with Crippen LogP contribution >= 0.6 is 0 Å². The molecule has 0 aromatic carbocycles. The minimum absolute atomic E-state index is 0.0266. The fraction of sp³-hybridized carbons (Fsp3) is 0.385. The first-order valence-corrected chi connectivity index (χ1v) is 5.99. The summed E-state index contributed by atoms with van der Waals surface area (Å²) < 4.78 is 7.09. The van der Waals surface area contributed by atoms with Crippen LogP contribution in [0.2, 0.25) is 0 Å². The van der Waals surface area contributed by atoms with Crippen molar-refractivity contribution < 1.29 is 4.74 Å². The van der Waals surface area contributed by atoms with E-state index in [4.69, 9.17) is 10.5 Å². The van der Waals surface area contributed by atoms with Crippen LogP contribution in [0.5, 0.6) is 5.88 Å². The van der Waals surface area contributed by atoms with Gasteiger partial charge >= 0.3 is 0 Å². The maximum absolute atomic E-state index is 6.04. The van der Waals surface area contributed by atoms with Crippen molar-refractivity contribution in [2.75, 3.05) is 7.11 Å². The summed E-state index contributed by atoms with van der Waals surface area (Å²) in [6.07, 6.45) is 6.33. The van der Waals surface area contributed by atoms with Crippen molar-refractivity contribution in [3.05, 3.63) is 42.1 Å². The van der Waals surface area contributed by atoms with E-state index in [0.29, 0.717) is 5.88 Å². The Hall–Kier alpha value is -1.88. The molecule has 5 nitrogen and oxygen atoms in total. The van der Waals surface area contributed by atoms with Crippen LogP contribution in [0.1, 0.15) is 30.6 Å². The normalized spacial score (nSPS) is 12.4. The lowest BCUT2D eigenvalue weighted by Gasteiger charge is -2.12. The minimum atomic E-state index is 0.0266. The zero-order chi connectivity index (χ0) is 13.0. The molecule has 96 valence electrons. The van der Waals surface area contributed by atoms with Gasteiger partial charge in [0.05, 0.1) is 25.7 Å². The number of aromatic nitrogens is 3. The molecule has 2 aromatic heterocycles. The molecule has 0 spiro atoms. The number of nitrogens with two attached hydrogens (primary N) is 1. The van der Waals surface area contributed by atoms with Crippen molar-refractivity contribution >= 4 is 0 Å². The largest absolute Gasteiger partial charge is 0.481 e. The van der Waals surface area contributed by atoms with Gasteiger partial charge in [0.15, 0.2) is 0 Å². The van der Waals surface area contributed by atoms with E-state index in [1.807, 2.05) is 18.3 Å². The number of hydrogen-bond acceptors (Lipinski definition) is 4. The van der Waals surface area contributed by atoms with Gasteiger partial charge in [-0.3, -0.25) is 0 Å². The molecule has 5 heteroatoms. The molecular formula is C13H18N4O. The molecule has 0 aliphatic heterocycles. The van der Waals surface area contributed by atoms with Crippen molar-refractivity contribution in [3.8, 4) is 5.88 Å². The number of ether oxygens (including phenoxy) is 1. The number of methoxy groups -OCH3 is 1. The lowest BCUT2D eigenvalue weighted by molar-refractivity contribution is 0.397. The van der Waals surface area contributed by atoms with Crippen molar-refractivity contribution in [2.24, 2.45) is 5.73 Å². The second-order valence-corrected chi connectivity index (χ2v) is 4.17. The fourth-order valence-corrected chi connectivity index (χ4v) is 1.80. The van der Waals surface area contributed by atoms with Gasteiger partial charge < -0.3 is 15.0 Å². The number of rotatable bonds is 5. The van der Waals surface area contributed by atoms with Gasteiger partial charge in [0, 0.05) is 24.5 Å². The molecule has 1 atom stereocenters. The van der Waals surface area contributed by atoms with Gasteiger partial charge in [0.2, 0.25) is 5.88 Å². The lowest BCUT2D eigenvalue weighted by Crippen LogP contribution is -2.14. The molecule has 0 fully saturated rings. The molecule has 2 aromatic rings. The van der Waals surface area contributed by atoms with Crippen LogP contribution in [0.4, 0.5) is 0 Å². The highest BCUT2D eigenvalue weighted by Gasteiger charge is 2.09. The van der Waals surface area contributed by atoms with Crippen LogP contribution in [-0.4, -0.2) is 21.6 Å². The Balaban J connectivity index is 2.15. The Labute approximate surface area is 107 Å². The Morgan fingerprint density at radius 1 is 1.39 bits per heavy atom. The maximum atomic E-state index is 6.04. The van der Waals surface area contributed by atoms with Crippen molar-refractivity contribution in [1.82, 2.24) is 14.5 Å². The van der Waals surface area contributed by atoms with E-state index in [-0.39, 0.29) is 6.04 Å². The third-order valence-electron chi connectivity index (χ3n) is 2.92. The first kappa shape index (κ1) is 12.6. The monoisotopic (exact) mass is 246 g/mol. The van der Waals surface area contributed by atoms with Gasteiger partial charge in [-0.05, 0) is 12.0 Å². The number of imidazole rings is 1. The Morgan fingerprint density at radius 2 is 2.22 bits per heavy atom. The van der Waals surface area contributed by atoms with E-state index < -0.39 is 0 Å². The molecule has 0 saturated heterocycles. The maximum Gasteiger partial charge on any atom is 0.212 e. The standard InChI is InChI=1S/C13H18N4O/c1-3-11(14)12-7-15-9-17(12)8-10-4-5-13(18-2)16-6-10/h4-7,9,11H,3,8,14H2,1-2H3/t11-/m1/s1. The molecule has 2 N–H and O–H groups in total. The summed E-state index contributed by atoms with van der Waals surface area (Å²) in [5.41, 5.74) is 8.19. The third-order valence-corrected chi connectivity index (χ3v) is 2.92. The van der Waals surface area contributed by atoms with Gasteiger partial charge in [0.25, 0.3) is 0 Å². The van der Waals surface area contributed by atoms with E-state index in [9.17, 15) is 0 Å². The number of pyridine rings is 1. The predicted octanol–water partition coefficient (Wildman–Crippen LogP) is 1.74. The van der Waals surface area contributed by atoms with E-state index >= 15 is 0 Å². The zero-order valence-corrected chi connectivity index (χ0v) is 10.7. The summed E-state index contributed by atoms with van der Waals surface area (Å²) in [5, 5.41) is 0. The highest BCUT2D eigenvalue weighted by molar-refractivity contribution is 5.19. The van der Waals surface area contributed by atoms with Crippen molar-refractivity contribution in [2.45, 2.75) is 25.9 Å². The molecule has 2 heterocycles. The number of hydrogen-bond donors (Lipinski definition) is 1. The van der Waals surface area contributed by atoms with Gasteiger partial charge in [-0.15, -0.1) is 0 Å². The van der Waals surface area contributed by atoms with E-state index in [0.717, 1.165) is 24.2 Å². The second kappa shape index (κ2) is 5.64. The van der Waals surface area contributed by atoms with E-state index in [1.165, 1.54) is 0 Å². The quantitative estimate of drug-likeness (QED) is 0.872. The molecule has 0 aliphatic carbocycles. The van der Waals surface area contributed by atoms with E-state index in [1.54, 1.807) is 19.6 Å². The van der Waals surface area contributed by atoms with Crippen LogP contribution < -0.4 is 10.5 Å². The first-order valence-electron chi connectivity index (χ1n) is 5.99. The zero-order valence-electron chi connectivity index (χ0n) is 10.7. The van der Waals surface area contributed by atoms with Crippen LogP contribution in [0, 0.1) is 0 Å². The van der Waals surface area contributed by atoms with Crippen molar-refractivity contribution in [3.63, 3.8) is 0 Å². The Kier molecular flexibility index (Phi) is 3.94. The fourth-order valence-electron chi connectivity index (χ4n) is 1.80.